The summed E-state index contributed by atoms with van der Waals surface area (Å²) in [6, 6.07) is 8.39. The van der Waals surface area contributed by atoms with E-state index in [1.54, 1.807) is 0 Å². The molecule has 2 aromatic rings. The molecule has 1 N–H and O–H groups in total. The Labute approximate surface area is 163 Å². The zero-order valence-corrected chi connectivity index (χ0v) is 16.6. The minimum atomic E-state index is -4.08. The van der Waals surface area contributed by atoms with E-state index >= 15 is 0 Å². The van der Waals surface area contributed by atoms with Gasteiger partial charge in [-0.2, -0.15) is 4.31 Å². The van der Waals surface area contributed by atoms with Crippen LogP contribution in [0.15, 0.2) is 52.3 Å². The van der Waals surface area contributed by atoms with Crippen molar-refractivity contribution in [3.63, 3.8) is 0 Å². The van der Waals surface area contributed by atoms with Gasteiger partial charge in [-0.05, 0) is 49.2 Å². The highest BCUT2D eigenvalue weighted by atomic mass is 35.5. The second kappa shape index (κ2) is 7.75. The Balaban J connectivity index is 1.94. The van der Waals surface area contributed by atoms with Crippen molar-refractivity contribution in [2.45, 2.75) is 29.1 Å². The Kier molecular flexibility index (Phi) is 5.76. The van der Waals surface area contributed by atoms with Gasteiger partial charge in [0.15, 0.2) is 0 Å². The van der Waals surface area contributed by atoms with E-state index in [2.05, 4.69) is 4.72 Å². The molecule has 0 aliphatic carbocycles. The summed E-state index contributed by atoms with van der Waals surface area (Å²) in [6.45, 7) is 0.801. The zero-order chi connectivity index (χ0) is 19.7. The number of piperidine rings is 1. The van der Waals surface area contributed by atoms with Crippen LogP contribution in [0.5, 0.6) is 0 Å². The van der Waals surface area contributed by atoms with Gasteiger partial charge in [0.25, 0.3) is 10.0 Å². The Hall–Kier alpha value is -1.68. The van der Waals surface area contributed by atoms with Crippen molar-refractivity contribution in [3.05, 3.63) is 53.3 Å². The molecule has 0 atom stereocenters. The molecule has 0 unspecified atom stereocenters. The smallest absolute Gasteiger partial charge is 0.261 e. The van der Waals surface area contributed by atoms with Gasteiger partial charge in [0, 0.05) is 13.1 Å². The molecular weight excluding hydrogens is 415 g/mol. The van der Waals surface area contributed by atoms with Gasteiger partial charge in [-0.15, -0.1) is 0 Å². The van der Waals surface area contributed by atoms with Crippen molar-refractivity contribution in [2.24, 2.45) is 0 Å². The SMILES string of the molecule is O=S(=O)(Nc1ccc(Cl)c(S(=O)(=O)N2CCCCC2)c1)c1cccc(F)c1. The van der Waals surface area contributed by atoms with Gasteiger partial charge < -0.3 is 0 Å². The minimum absolute atomic E-state index is 0.00859. The highest BCUT2D eigenvalue weighted by molar-refractivity contribution is 7.92. The van der Waals surface area contributed by atoms with E-state index in [9.17, 15) is 21.2 Å². The van der Waals surface area contributed by atoms with Crippen LogP contribution in [-0.2, 0) is 20.0 Å². The summed E-state index contributed by atoms with van der Waals surface area (Å²) in [7, 11) is -7.91. The number of rotatable bonds is 5. The normalized spacial score (nSPS) is 16.2. The lowest BCUT2D eigenvalue weighted by atomic mass is 10.2. The van der Waals surface area contributed by atoms with Crippen LogP contribution in [0.1, 0.15) is 19.3 Å². The summed E-state index contributed by atoms with van der Waals surface area (Å²) in [5, 5.41) is 0.00859. The Morgan fingerprint density at radius 3 is 2.33 bits per heavy atom. The van der Waals surface area contributed by atoms with Gasteiger partial charge in [-0.1, -0.05) is 24.1 Å². The van der Waals surface area contributed by atoms with Crippen molar-refractivity contribution in [2.75, 3.05) is 17.8 Å². The lowest BCUT2D eigenvalue weighted by molar-refractivity contribution is 0.346. The maximum Gasteiger partial charge on any atom is 0.261 e. The molecule has 2 aromatic carbocycles. The van der Waals surface area contributed by atoms with E-state index in [0.717, 1.165) is 31.4 Å². The van der Waals surface area contributed by atoms with Gasteiger partial charge in [0.05, 0.1) is 15.6 Å². The number of nitrogens with one attached hydrogen (secondary N) is 1. The maximum absolute atomic E-state index is 13.3. The van der Waals surface area contributed by atoms with E-state index in [1.807, 2.05) is 0 Å². The van der Waals surface area contributed by atoms with E-state index in [1.165, 1.54) is 34.6 Å². The first-order valence-corrected chi connectivity index (χ1v) is 11.6. The second-order valence-corrected chi connectivity index (χ2v) is 10.2. The van der Waals surface area contributed by atoms with Crippen LogP contribution in [0.25, 0.3) is 0 Å². The summed E-state index contributed by atoms with van der Waals surface area (Å²) in [6.07, 6.45) is 2.50. The monoisotopic (exact) mass is 432 g/mol. The van der Waals surface area contributed by atoms with Crippen LogP contribution < -0.4 is 4.72 Å². The Morgan fingerprint density at radius 1 is 0.963 bits per heavy atom. The van der Waals surface area contributed by atoms with Crippen molar-refractivity contribution in [1.29, 1.82) is 0 Å². The van der Waals surface area contributed by atoms with Gasteiger partial charge in [0.2, 0.25) is 10.0 Å². The third kappa shape index (κ3) is 4.43. The number of sulfonamides is 2. The molecule has 1 fully saturated rings. The minimum Gasteiger partial charge on any atom is -0.280 e. The number of nitrogens with zero attached hydrogens (tertiary/aromatic N) is 1. The van der Waals surface area contributed by atoms with Crippen molar-refractivity contribution in [1.82, 2.24) is 4.31 Å². The van der Waals surface area contributed by atoms with Crippen LogP contribution in [0, 0.1) is 5.82 Å². The summed E-state index contributed by atoms with van der Waals surface area (Å²) in [5.41, 5.74) is 0.0271. The molecule has 0 spiro atoms. The quantitative estimate of drug-likeness (QED) is 0.784. The maximum atomic E-state index is 13.3. The van der Waals surface area contributed by atoms with Crippen LogP contribution in [0.2, 0.25) is 5.02 Å². The first kappa shape index (κ1) is 20.1. The Bertz CT molecular complexity index is 1050. The molecule has 0 amide bonds. The first-order chi connectivity index (χ1) is 12.7. The van der Waals surface area contributed by atoms with E-state index in [0.29, 0.717) is 13.1 Å². The first-order valence-electron chi connectivity index (χ1n) is 8.28. The number of hydrogen-bond donors (Lipinski definition) is 1. The number of benzene rings is 2. The van der Waals surface area contributed by atoms with Crippen molar-refractivity contribution < 1.29 is 21.2 Å². The summed E-state index contributed by atoms with van der Waals surface area (Å²) in [4.78, 5) is -0.427. The van der Waals surface area contributed by atoms with Crippen LogP contribution >= 0.6 is 11.6 Å². The average molecular weight is 433 g/mol. The lowest BCUT2D eigenvalue weighted by Gasteiger charge is -2.26. The second-order valence-electron chi connectivity index (χ2n) is 6.17. The molecule has 6 nitrogen and oxygen atoms in total. The lowest BCUT2D eigenvalue weighted by Crippen LogP contribution is -2.35. The van der Waals surface area contributed by atoms with Gasteiger partial charge >= 0.3 is 0 Å². The molecular formula is C17H18ClFN2O4S2. The van der Waals surface area contributed by atoms with Gasteiger partial charge in [-0.25, -0.2) is 21.2 Å². The number of anilines is 1. The highest BCUT2D eigenvalue weighted by Crippen LogP contribution is 2.30. The van der Waals surface area contributed by atoms with Crippen molar-refractivity contribution >= 4 is 37.3 Å². The molecule has 0 saturated carbocycles. The molecule has 0 aromatic heterocycles. The standard InChI is InChI=1S/C17H18ClFN2O4S2/c18-16-8-7-14(20-26(22,23)15-6-4-5-13(19)11-15)12-17(16)27(24,25)21-9-2-1-3-10-21/h4-8,11-12,20H,1-3,9-10H2. The predicted molar refractivity (Wildman–Crippen MR) is 101 cm³/mol. The molecule has 0 radical (unpaired) electrons. The van der Waals surface area contributed by atoms with E-state index in [-0.39, 0.29) is 20.5 Å². The molecule has 1 saturated heterocycles. The topological polar surface area (TPSA) is 83.5 Å². The van der Waals surface area contributed by atoms with Gasteiger partial charge in [-0.3, -0.25) is 4.72 Å². The van der Waals surface area contributed by atoms with Crippen LogP contribution in [-0.4, -0.2) is 34.2 Å². The van der Waals surface area contributed by atoms with Crippen molar-refractivity contribution in [3.8, 4) is 0 Å². The fraction of sp³-hybridized carbons (Fsp3) is 0.294. The number of halogens is 2. The predicted octanol–water partition coefficient (Wildman–Crippen LogP) is 3.45. The summed E-state index contributed by atoms with van der Waals surface area (Å²) >= 11 is 6.08. The molecule has 10 heteroatoms. The summed E-state index contributed by atoms with van der Waals surface area (Å²) < 4.78 is 67.5. The summed E-state index contributed by atoms with van der Waals surface area (Å²) in [5.74, 6) is -0.692. The molecule has 1 heterocycles. The fourth-order valence-electron chi connectivity index (χ4n) is 2.86. The fourth-order valence-corrected chi connectivity index (χ4v) is 5.96. The molecule has 1 aliphatic heterocycles. The largest absolute Gasteiger partial charge is 0.280 e. The molecule has 3 rings (SSSR count). The van der Waals surface area contributed by atoms with Gasteiger partial charge in [0.1, 0.15) is 10.7 Å². The molecule has 146 valence electrons. The Morgan fingerprint density at radius 2 is 1.67 bits per heavy atom. The molecule has 0 bridgehead atoms. The zero-order valence-electron chi connectivity index (χ0n) is 14.2. The number of hydrogen-bond acceptors (Lipinski definition) is 4. The average Bonchev–Trinajstić information content (AvgIpc) is 2.64. The third-order valence-electron chi connectivity index (χ3n) is 4.22. The van der Waals surface area contributed by atoms with E-state index < -0.39 is 25.9 Å². The van der Waals surface area contributed by atoms with E-state index in [4.69, 9.17) is 11.6 Å². The van der Waals surface area contributed by atoms with Crippen LogP contribution in [0.3, 0.4) is 0 Å². The highest BCUT2D eigenvalue weighted by Gasteiger charge is 2.28. The third-order valence-corrected chi connectivity index (χ3v) is 7.98. The van der Waals surface area contributed by atoms with Crippen LogP contribution in [0.4, 0.5) is 10.1 Å². The molecule has 27 heavy (non-hydrogen) atoms. The molecule has 1 aliphatic rings.